The minimum absolute atomic E-state index is 0.268. The fourth-order valence-corrected chi connectivity index (χ4v) is 2.25. The van der Waals surface area contributed by atoms with Crippen molar-refractivity contribution in [1.29, 1.82) is 0 Å². The monoisotopic (exact) mass is 268 g/mol. The molecule has 0 aliphatic rings. The number of nitrogens with zero attached hydrogens (tertiary/aromatic N) is 3. The Morgan fingerprint density at radius 3 is 2.63 bits per heavy atom. The van der Waals surface area contributed by atoms with Crippen LogP contribution in [0.15, 0.2) is 6.20 Å². The molecule has 110 valence electrons. The van der Waals surface area contributed by atoms with E-state index in [4.69, 9.17) is 4.74 Å². The van der Waals surface area contributed by atoms with Gasteiger partial charge >= 0.3 is 0 Å². The Balaban J connectivity index is 3.02. The van der Waals surface area contributed by atoms with Crippen molar-refractivity contribution >= 4 is 0 Å². The van der Waals surface area contributed by atoms with Crippen LogP contribution in [0.5, 0.6) is 5.75 Å². The number of ether oxygens (including phenoxy) is 1. The molecule has 2 unspecified atom stereocenters. The van der Waals surface area contributed by atoms with E-state index < -0.39 is 0 Å². The highest BCUT2D eigenvalue weighted by molar-refractivity contribution is 5.28. The summed E-state index contributed by atoms with van der Waals surface area (Å²) in [6.07, 6.45) is 2.94. The first-order valence-electron chi connectivity index (χ1n) is 6.96. The molecule has 1 aromatic heterocycles. The van der Waals surface area contributed by atoms with Gasteiger partial charge in [-0.05, 0) is 27.1 Å². The van der Waals surface area contributed by atoms with E-state index >= 15 is 0 Å². The minimum atomic E-state index is 0.268. The lowest BCUT2D eigenvalue weighted by Gasteiger charge is -2.25. The summed E-state index contributed by atoms with van der Waals surface area (Å²) in [7, 11) is 7.86. The van der Waals surface area contributed by atoms with Crippen LogP contribution in [0.25, 0.3) is 0 Å². The molecule has 1 N–H and O–H groups in total. The van der Waals surface area contributed by atoms with Crippen molar-refractivity contribution in [3.8, 4) is 5.75 Å². The highest BCUT2D eigenvalue weighted by Crippen LogP contribution is 2.31. The van der Waals surface area contributed by atoms with Crippen LogP contribution >= 0.6 is 0 Å². The molecule has 0 bridgehead atoms. The Morgan fingerprint density at radius 2 is 2.16 bits per heavy atom. The van der Waals surface area contributed by atoms with Crippen LogP contribution in [0.4, 0.5) is 0 Å². The number of nitrogens with one attached hydrogen (secondary N) is 1. The lowest BCUT2D eigenvalue weighted by Crippen LogP contribution is -2.28. The van der Waals surface area contributed by atoms with E-state index in [1.54, 1.807) is 7.11 Å². The Hall–Kier alpha value is -1.07. The second-order valence-electron chi connectivity index (χ2n) is 5.28. The minimum Gasteiger partial charge on any atom is -0.493 e. The van der Waals surface area contributed by atoms with E-state index in [0.29, 0.717) is 5.92 Å². The normalized spacial score (nSPS) is 14.7. The molecule has 0 spiro atoms. The van der Waals surface area contributed by atoms with E-state index in [9.17, 15) is 0 Å². The maximum absolute atomic E-state index is 5.47. The second kappa shape index (κ2) is 7.50. The molecule has 1 heterocycles. The molecule has 1 rings (SSSR count). The first kappa shape index (κ1) is 16.0. The number of methoxy groups -OCH3 is 1. The number of aromatic nitrogens is 2. The third kappa shape index (κ3) is 3.94. The summed E-state index contributed by atoms with van der Waals surface area (Å²) in [5.74, 6) is 1.41. The summed E-state index contributed by atoms with van der Waals surface area (Å²) in [5.41, 5.74) is 1.15. The van der Waals surface area contributed by atoms with Crippen molar-refractivity contribution < 1.29 is 4.74 Å². The Morgan fingerprint density at radius 1 is 1.47 bits per heavy atom. The molecular weight excluding hydrogens is 240 g/mol. The first-order chi connectivity index (χ1) is 9.04. The predicted molar refractivity (Wildman–Crippen MR) is 78.6 cm³/mol. The quantitative estimate of drug-likeness (QED) is 0.780. The molecule has 0 saturated heterocycles. The van der Waals surface area contributed by atoms with Gasteiger partial charge in [-0.3, -0.25) is 4.68 Å². The van der Waals surface area contributed by atoms with Crippen LogP contribution in [-0.4, -0.2) is 49.5 Å². The molecule has 0 aliphatic carbocycles. The highest BCUT2D eigenvalue weighted by atomic mass is 16.5. The maximum Gasteiger partial charge on any atom is 0.161 e. The molecule has 0 aromatic carbocycles. The van der Waals surface area contributed by atoms with Crippen molar-refractivity contribution in [2.45, 2.75) is 32.9 Å². The first-order valence-corrected chi connectivity index (χ1v) is 6.96. The zero-order valence-corrected chi connectivity index (χ0v) is 13.1. The van der Waals surface area contributed by atoms with Crippen molar-refractivity contribution in [3.63, 3.8) is 0 Å². The molecule has 0 fully saturated rings. The largest absolute Gasteiger partial charge is 0.493 e. The zero-order valence-electron chi connectivity index (χ0n) is 13.1. The molecular formula is C14H28N4O. The molecule has 2 atom stereocenters. The van der Waals surface area contributed by atoms with Crippen LogP contribution in [0.1, 0.15) is 32.0 Å². The van der Waals surface area contributed by atoms with Gasteiger partial charge in [-0.2, -0.15) is 5.10 Å². The third-order valence-corrected chi connectivity index (χ3v) is 3.64. The number of likely N-dealkylation sites (N-methyl/N-ethyl adjacent to an activating group) is 1. The van der Waals surface area contributed by atoms with E-state index in [1.165, 1.54) is 0 Å². The van der Waals surface area contributed by atoms with Crippen molar-refractivity contribution in [2.24, 2.45) is 5.92 Å². The average molecular weight is 268 g/mol. The fourth-order valence-electron chi connectivity index (χ4n) is 2.25. The molecule has 5 nitrogen and oxygen atoms in total. The molecule has 19 heavy (non-hydrogen) atoms. The fraction of sp³-hybridized carbons (Fsp3) is 0.786. The van der Waals surface area contributed by atoms with Crippen LogP contribution in [-0.2, 0) is 6.54 Å². The summed E-state index contributed by atoms with van der Waals surface area (Å²) in [6.45, 7) is 6.31. The van der Waals surface area contributed by atoms with Gasteiger partial charge in [0.1, 0.15) is 0 Å². The summed E-state index contributed by atoms with van der Waals surface area (Å²) in [6, 6.07) is 0.268. The van der Waals surface area contributed by atoms with Gasteiger partial charge in [-0.25, -0.2) is 0 Å². The molecule has 0 amide bonds. The number of hydrogen-bond donors (Lipinski definition) is 1. The average Bonchev–Trinajstić information content (AvgIpc) is 2.80. The van der Waals surface area contributed by atoms with Gasteiger partial charge in [0.25, 0.3) is 0 Å². The highest BCUT2D eigenvalue weighted by Gasteiger charge is 2.24. The van der Waals surface area contributed by atoms with E-state index in [2.05, 4.69) is 47.9 Å². The van der Waals surface area contributed by atoms with Gasteiger partial charge < -0.3 is 15.0 Å². The lowest BCUT2D eigenvalue weighted by molar-refractivity contribution is 0.327. The molecule has 5 heteroatoms. The van der Waals surface area contributed by atoms with E-state index in [1.807, 2.05) is 13.2 Å². The molecule has 1 aromatic rings. The van der Waals surface area contributed by atoms with Crippen LogP contribution in [0.2, 0.25) is 0 Å². The summed E-state index contributed by atoms with van der Waals surface area (Å²) >= 11 is 0. The Kier molecular flexibility index (Phi) is 6.31. The summed E-state index contributed by atoms with van der Waals surface area (Å²) in [5, 5.41) is 7.87. The van der Waals surface area contributed by atoms with Gasteiger partial charge in [-0.15, -0.1) is 0 Å². The number of hydrogen-bond acceptors (Lipinski definition) is 4. The maximum atomic E-state index is 5.47. The summed E-state index contributed by atoms with van der Waals surface area (Å²) in [4.78, 5) is 2.16. The van der Waals surface area contributed by atoms with Crippen LogP contribution in [0, 0.1) is 5.92 Å². The smallest absolute Gasteiger partial charge is 0.161 e. The summed E-state index contributed by atoms with van der Waals surface area (Å²) < 4.78 is 7.53. The van der Waals surface area contributed by atoms with Gasteiger partial charge in [0.15, 0.2) is 5.75 Å². The van der Waals surface area contributed by atoms with Gasteiger partial charge in [-0.1, -0.05) is 20.3 Å². The van der Waals surface area contributed by atoms with Crippen LogP contribution in [0.3, 0.4) is 0 Å². The van der Waals surface area contributed by atoms with Gasteiger partial charge in [0.2, 0.25) is 0 Å². The van der Waals surface area contributed by atoms with Crippen molar-refractivity contribution in [3.05, 3.63) is 11.9 Å². The van der Waals surface area contributed by atoms with E-state index in [-0.39, 0.29) is 6.04 Å². The molecule has 0 saturated carbocycles. The van der Waals surface area contributed by atoms with E-state index in [0.717, 1.165) is 31.0 Å². The second-order valence-corrected chi connectivity index (χ2v) is 5.28. The SMILES string of the molecule is CCC(C)C(NC)c1c(OC)cnn1CCN(C)C. The number of rotatable bonds is 8. The standard InChI is InChI=1S/C14H28N4O/c1-7-11(2)13(15-3)14-12(19-6)10-16-18(14)9-8-17(4)5/h10-11,13,15H,7-9H2,1-6H3. The zero-order chi connectivity index (χ0) is 14.4. The predicted octanol–water partition coefficient (Wildman–Crippen LogP) is 1.76. The molecule has 0 radical (unpaired) electrons. The van der Waals surface area contributed by atoms with Crippen LogP contribution < -0.4 is 10.1 Å². The third-order valence-electron chi connectivity index (χ3n) is 3.64. The Labute approximate surface area is 116 Å². The topological polar surface area (TPSA) is 42.3 Å². The van der Waals surface area contributed by atoms with Gasteiger partial charge in [0, 0.05) is 6.54 Å². The van der Waals surface area contributed by atoms with Gasteiger partial charge in [0.05, 0.1) is 31.6 Å². The molecule has 0 aliphatic heterocycles. The van der Waals surface area contributed by atoms with Crippen molar-refractivity contribution in [2.75, 3.05) is 34.8 Å². The van der Waals surface area contributed by atoms with Crippen molar-refractivity contribution in [1.82, 2.24) is 20.0 Å². The Bertz CT molecular complexity index is 376. The lowest BCUT2D eigenvalue weighted by atomic mass is 9.96.